The largest absolute Gasteiger partial charge is 0.371 e. The number of anilines is 1. The van der Waals surface area contributed by atoms with Crippen molar-refractivity contribution < 1.29 is 9.31 Å². The highest BCUT2D eigenvalue weighted by Crippen LogP contribution is 2.29. The van der Waals surface area contributed by atoms with E-state index in [0.717, 1.165) is 25.6 Å². The highest BCUT2D eigenvalue weighted by Gasteiger charge is 2.26. The highest BCUT2D eigenvalue weighted by molar-refractivity contribution is 5.54. The van der Waals surface area contributed by atoms with Crippen molar-refractivity contribution >= 4 is 11.4 Å². The summed E-state index contributed by atoms with van der Waals surface area (Å²) >= 11 is 0. The molecule has 1 aromatic carbocycles. The molecule has 1 heterocycles. The lowest BCUT2D eigenvalue weighted by molar-refractivity contribution is -0.385. The molecule has 0 spiro atoms. The summed E-state index contributed by atoms with van der Waals surface area (Å²) in [5.41, 5.74) is 6.09. The van der Waals surface area contributed by atoms with Crippen LogP contribution in [0.15, 0.2) is 18.2 Å². The van der Waals surface area contributed by atoms with Gasteiger partial charge >= 0.3 is 0 Å². The molecule has 0 amide bonds. The Kier molecular flexibility index (Phi) is 3.99. The molecule has 19 heavy (non-hydrogen) atoms. The molecule has 0 saturated carbocycles. The van der Waals surface area contributed by atoms with Crippen LogP contribution in [-0.2, 0) is 0 Å². The van der Waals surface area contributed by atoms with Crippen molar-refractivity contribution in [2.24, 2.45) is 17.6 Å². The van der Waals surface area contributed by atoms with Gasteiger partial charge in [-0.25, -0.2) is 4.39 Å². The average Bonchev–Trinajstić information content (AvgIpc) is 2.38. The number of halogens is 1. The van der Waals surface area contributed by atoms with Crippen LogP contribution in [0.5, 0.6) is 0 Å². The molecule has 5 nitrogen and oxygen atoms in total. The van der Waals surface area contributed by atoms with Gasteiger partial charge in [-0.15, -0.1) is 0 Å². The number of piperidine rings is 1. The van der Waals surface area contributed by atoms with Gasteiger partial charge in [-0.1, -0.05) is 6.92 Å². The zero-order chi connectivity index (χ0) is 14.0. The second-order valence-electron chi connectivity index (χ2n) is 5.13. The number of nitro groups is 1. The third-order valence-corrected chi connectivity index (χ3v) is 3.86. The Morgan fingerprint density at radius 2 is 2.26 bits per heavy atom. The smallest absolute Gasteiger partial charge is 0.274 e. The van der Waals surface area contributed by atoms with E-state index in [4.69, 9.17) is 5.73 Å². The number of nitrogens with two attached hydrogens (primary N) is 1. The summed E-state index contributed by atoms with van der Waals surface area (Å²) in [6.07, 6.45) is 0.964. The van der Waals surface area contributed by atoms with Gasteiger partial charge in [0.25, 0.3) is 5.69 Å². The first-order valence-corrected chi connectivity index (χ1v) is 6.41. The SMILES string of the molecule is CC1CCN(c2cc(F)cc([N+](=O)[O-])c2)CC1CN. The zero-order valence-electron chi connectivity index (χ0n) is 10.9. The lowest BCUT2D eigenvalue weighted by Crippen LogP contribution is -2.42. The third kappa shape index (κ3) is 3.01. The van der Waals surface area contributed by atoms with Crippen molar-refractivity contribution in [2.75, 3.05) is 24.5 Å². The van der Waals surface area contributed by atoms with Crippen LogP contribution in [0.25, 0.3) is 0 Å². The van der Waals surface area contributed by atoms with Gasteiger partial charge in [-0.2, -0.15) is 0 Å². The molecular formula is C13H18FN3O2. The van der Waals surface area contributed by atoms with Crippen LogP contribution in [-0.4, -0.2) is 24.6 Å². The molecule has 1 aliphatic rings. The van der Waals surface area contributed by atoms with E-state index in [1.54, 1.807) is 0 Å². The van der Waals surface area contributed by atoms with Crippen LogP contribution in [0.3, 0.4) is 0 Å². The van der Waals surface area contributed by atoms with E-state index in [9.17, 15) is 14.5 Å². The Morgan fingerprint density at radius 1 is 1.53 bits per heavy atom. The molecule has 1 aliphatic heterocycles. The van der Waals surface area contributed by atoms with Crippen molar-refractivity contribution in [1.29, 1.82) is 0 Å². The molecule has 6 heteroatoms. The maximum absolute atomic E-state index is 13.4. The van der Waals surface area contributed by atoms with Crippen LogP contribution in [0.1, 0.15) is 13.3 Å². The standard InChI is InChI=1S/C13H18FN3O2/c1-9-2-3-16(8-10(9)7-15)12-4-11(14)5-13(6-12)17(18)19/h4-6,9-10H,2-3,7-8,15H2,1H3. The van der Waals surface area contributed by atoms with E-state index in [1.807, 2.05) is 4.90 Å². The van der Waals surface area contributed by atoms with Gasteiger partial charge in [0.2, 0.25) is 0 Å². The predicted molar refractivity (Wildman–Crippen MR) is 71.6 cm³/mol. The molecule has 0 aliphatic carbocycles. The fraction of sp³-hybridized carbons (Fsp3) is 0.538. The predicted octanol–water partition coefficient (Wildman–Crippen LogP) is 2.16. The molecule has 0 radical (unpaired) electrons. The maximum atomic E-state index is 13.4. The summed E-state index contributed by atoms with van der Waals surface area (Å²) in [5, 5.41) is 10.8. The number of rotatable bonds is 3. The molecule has 2 rings (SSSR count). The first-order valence-electron chi connectivity index (χ1n) is 6.41. The molecule has 104 valence electrons. The second-order valence-corrected chi connectivity index (χ2v) is 5.13. The molecule has 1 fully saturated rings. The van der Waals surface area contributed by atoms with Crippen molar-refractivity contribution in [3.05, 3.63) is 34.1 Å². The van der Waals surface area contributed by atoms with Crippen LogP contribution >= 0.6 is 0 Å². The summed E-state index contributed by atoms with van der Waals surface area (Å²) in [5.74, 6) is 0.299. The number of nitrogens with zero attached hydrogens (tertiary/aromatic N) is 2. The molecule has 0 aromatic heterocycles. The average molecular weight is 267 g/mol. The van der Waals surface area contributed by atoms with Crippen LogP contribution < -0.4 is 10.6 Å². The van der Waals surface area contributed by atoms with Crippen LogP contribution in [0, 0.1) is 27.8 Å². The van der Waals surface area contributed by atoms with E-state index in [0.29, 0.717) is 24.1 Å². The topological polar surface area (TPSA) is 72.4 Å². The summed E-state index contributed by atoms with van der Waals surface area (Å²) in [6, 6.07) is 3.71. The minimum absolute atomic E-state index is 0.210. The first-order chi connectivity index (χ1) is 9.01. The van der Waals surface area contributed by atoms with Crippen molar-refractivity contribution in [1.82, 2.24) is 0 Å². The Bertz CT molecular complexity index is 481. The number of benzene rings is 1. The number of hydrogen-bond acceptors (Lipinski definition) is 4. The van der Waals surface area contributed by atoms with E-state index in [1.165, 1.54) is 12.1 Å². The Labute approximate surface area is 111 Å². The fourth-order valence-electron chi connectivity index (χ4n) is 2.54. The Hall–Kier alpha value is -1.69. The summed E-state index contributed by atoms with van der Waals surface area (Å²) in [6.45, 7) is 4.23. The number of hydrogen-bond donors (Lipinski definition) is 1. The lowest BCUT2D eigenvalue weighted by Gasteiger charge is -2.37. The second kappa shape index (κ2) is 5.52. The summed E-state index contributed by atoms with van der Waals surface area (Å²) in [7, 11) is 0. The van der Waals surface area contributed by atoms with Gasteiger partial charge in [0.15, 0.2) is 0 Å². The normalized spacial score (nSPS) is 23.4. The highest BCUT2D eigenvalue weighted by atomic mass is 19.1. The van der Waals surface area contributed by atoms with Gasteiger partial charge in [0.05, 0.1) is 11.0 Å². The Morgan fingerprint density at radius 3 is 2.89 bits per heavy atom. The third-order valence-electron chi connectivity index (χ3n) is 3.86. The van der Waals surface area contributed by atoms with E-state index < -0.39 is 10.7 Å². The lowest BCUT2D eigenvalue weighted by atomic mass is 9.87. The molecule has 2 N–H and O–H groups in total. The van der Waals surface area contributed by atoms with Gasteiger partial charge in [0, 0.05) is 24.8 Å². The summed E-state index contributed by atoms with van der Waals surface area (Å²) in [4.78, 5) is 12.2. The van der Waals surface area contributed by atoms with Crippen molar-refractivity contribution in [2.45, 2.75) is 13.3 Å². The van der Waals surface area contributed by atoms with Crippen LogP contribution in [0.4, 0.5) is 15.8 Å². The monoisotopic (exact) mass is 267 g/mol. The fourth-order valence-corrected chi connectivity index (χ4v) is 2.54. The van der Waals surface area contributed by atoms with E-state index in [-0.39, 0.29) is 5.69 Å². The van der Waals surface area contributed by atoms with Gasteiger partial charge in [-0.3, -0.25) is 10.1 Å². The van der Waals surface area contributed by atoms with E-state index >= 15 is 0 Å². The minimum atomic E-state index is -0.577. The van der Waals surface area contributed by atoms with Gasteiger partial charge < -0.3 is 10.6 Å². The molecule has 1 aromatic rings. The van der Waals surface area contributed by atoms with Gasteiger partial charge in [-0.05, 0) is 30.9 Å². The van der Waals surface area contributed by atoms with Crippen LogP contribution in [0.2, 0.25) is 0 Å². The number of non-ortho nitro benzene ring substituents is 1. The van der Waals surface area contributed by atoms with E-state index in [2.05, 4.69) is 6.92 Å². The quantitative estimate of drug-likeness (QED) is 0.672. The van der Waals surface area contributed by atoms with Crippen molar-refractivity contribution in [3.63, 3.8) is 0 Å². The molecule has 1 saturated heterocycles. The molecular weight excluding hydrogens is 249 g/mol. The maximum Gasteiger partial charge on any atom is 0.274 e. The zero-order valence-corrected chi connectivity index (χ0v) is 10.9. The first kappa shape index (κ1) is 13.7. The van der Waals surface area contributed by atoms with Gasteiger partial charge in [0.1, 0.15) is 5.82 Å². The number of nitro benzene ring substituents is 1. The molecule has 2 atom stereocenters. The molecule has 2 unspecified atom stereocenters. The summed E-state index contributed by atoms with van der Waals surface area (Å²) < 4.78 is 13.4. The minimum Gasteiger partial charge on any atom is -0.371 e. The Balaban J connectivity index is 2.24. The molecule has 0 bridgehead atoms. The van der Waals surface area contributed by atoms with Crippen molar-refractivity contribution in [3.8, 4) is 0 Å².